The van der Waals surface area contributed by atoms with Crippen molar-refractivity contribution in [3.05, 3.63) is 0 Å². The number of hydrogen-bond donors (Lipinski definition) is 0. The molecule has 0 fully saturated rings. The molecule has 0 aromatic rings. The summed E-state index contributed by atoms with van der Waals surface area (Å²) in [7, 11) is 0. The van der Waals surface area contributed by atoms with Crippen LogP contribution in [-0.2, 0) is 19.1 Å². The van der Waals surface area contributed by atoms with E-state index in [1.54, 1.807) is 4.90 Å². The number of amides is 1. The number of rotatable bonds is 24. The van der Waals surface area contributed by atoms with Gasteiger partial charge in [-0.3, -0.25) is 9.59 Å². The van der Waals surface area contributed by atoms with Gasteiger partial charge >= 0.3 is 12.1 Å². The van der Waals surface area contributed by atoms with Gasteiger partial charge in [0, 0.05) is 19.5 Å². The minimum absolute atomic E-state index is 0.103. The monoisotopic (exact) mass is 483 g/mol. The lowest BCUT2D eigenvalue weighted by Gasteiger charge is -2.21. The van der Waals surface area contributed by atoms with Crippen molar-refractivity contribution >= 4 is 18.3 Å². The number of ether oxygens (including phenoxy) is 2. The van der Waals surface area contributed by atoms with Crippen LogP contribution < -0.4 is 0 Å². The molecular weight excluding hydrogens is 430 g/mol. The fraction of sp³-hybridized carbons (Fsp3) is 0.893. The SMILES string of the molecule is CCCCCCCN(CCCCCC(=O)OCC(CCCCC)CCCCC)C(=O)OCC=O. The standard InChI is InChI=1S/C28H53NO5/c1-4-7-10-11-16-21-29(28(32)33-24-23-30)22-17-12-15-20-27(31)34-25-26(18-13-8-5-2)19-14-9-6-3/h23,26H,4-22,24-25H2,1-3H3. The van der Waals surface area contributed by atoms with Crippen LogP contribution in [0.25, 0.3) is 0 Å². The lowest BCUT2D eigenvalue weighted by atomic mass is 9.96. The van der Waals surface area contributed by atoms with E-state index in [0.717, 1.165) is 44.9 Å². The van der Waals surface area contributed by atoms with Gasteiger partial charge in [-0.25, -0.2) is 4.79 Å². The first-order valence-electron chi connectivity index (χ1n) is 14.1. The van der Waals surface area contributed by atoms with Crippen LogP contribution in [0.2, 0.25) is 0 Å². The van der Waals surface area contributed by atoms with Crippen LogP contribution in [-0.4, -0.2) is 49.6 Å². The number of carbonyl (C=O) groups excluding carboxylic acids is 3. The van der Waals surface area contributed by atoms with E-state index in [-0.39, 0.29) is 12.6 Å². The van der Waals surface area contributed by atoms with E-state index in [2.05, 4.69) is 20.8 Å². The summed E-state index contributed by atoms with van der Waals surface area (Å²) in [6.07, 6.45) is 18.3. The van der Waals surface area contributed by atoms with Gasteiger partial charge < -0.3 is 14.4 Å². The van der Waals surface area contributed by atoms with Crippen LogP contribution >= 0.6 is 0 Å². The molecule has 0 rings (SSSR count). The molecule has 200 valence electrons. The summed E-state index contributed by atoms with van der Waals surface area (Å²) in [5.74, 6) is 0.388. The van der Waals surface area contributed by atoms with Crippen molar-refractivity contribution in [3.63, 3.8) is 0 Å². The van der Waals surface area contributed by atoms with Gasteiger partial charge in [0.2, 0.25) is 0 Å². The molecule has 0 aromatic carbocycles. The van der Waals surface area contributed by atoms with E-state index in [4.69, 9.17) is 9.47 Å². The molecule has 6 nitrogen and oxygen atoms in total. The van der Waals surface area contributed by atoms with E-state index >= 15 is 0 Å². The van der Waals surface area contributed by atoms with Crippen LogP contribution in [0, 0.1) is 5.92 Å². The molecule has 0 aliphatic heterocycles. The average Bonchev–Trinajstić information content (AvgIpc) is 2.84. The molecule has 6 heteroatoms. The quantitative estimate of drug-likeness (QED) is 0.0808. The van der Waals surface area contributed by atoms with Gasteiger partial charge in [-0.05, 0) is 38.0 Å². The van der Waals surface area contributed by atoms with Gasteiger partial charge in [0.15, 0.2) is 6.29 Å². The van der Waals surface area contributed by atoms with E-state index in [0.29, 0.717) is 38.3 Å². The molecule has 0 atom stereocenters. The third-order valence-electron chi connectivity index (χ3n) is 6.29. The van der Waals surface area contributed by atoms with Gasteiger partial charge in [0.05, 0.1) is 6.61 Å². The maximum absolute atomic E-state index is 12.2. The van der Waals surface area contributed by atoms with Gasteiger partial charge in [-0.1, -0.05) is 91.4 Å². The Kier molecular flexibility index (Phi) is 23.4. The molecule has 0 saturated heterocycles. The molecule has 0 radical (unpaired) electrons. The van der Waals surface area contributed by atoms with Crippen LogP contribution in [0.3, 0.4) is 0 Å². The first-order valence-corrected chi connectivity index (χ1v) is 14.1. The number of carbonyl (C=O) groups is 3. The fourth-order valence-corrected chi connectivity index (χ4v) is 4.11. The third kappa shape index (κ3) is 19.8. The molecule has 0 spiro atoms. The summed E-state index contributed by atoms with van der Waals surface area (Å²) < 4.78 is 10.6. The van der Waals surface area contributed by atoms with E-state index < -0.39 is 6.09 Å². The predicted molar refractivity (Wildman–Crippen MR) is 139 cm³/mol. The van der Waals surface area contributed by atoms with Crippen molar-refractivity contribution in [2.45, 2.75) is 130 Å². The van der Waals surface area contributed by atoms with Crippen molar-refractivity contribution in [2.24, 2.45) is 5.92 Å². The number of nitrogens with zero attached hydrogens (tertiary/aromatic N) is 1. The maximum atomic E-state index is 12.2. The summed E-state index contributed by atoms with van der Waals surface area (Å²) in [5, 5.41) is 0. The predicted octanol–water partition coefficient (Wildman–Crippen LogP) is 7.47. The van der Waals surface area contributed by atoms with Gasteiger partial charge in [-0.2, -0.15) is 0 Å². The lowest BCUT2D eigenvalue weighted by molar-refractivity contribution is -0.145. The molecular formula is C28H53NO5. The van der Waals surface area contributed by atoms with Crippen LogP contribution in [0.4, 0.5) is 4.79 Å². The largest absolute Gasteiger partial charge is 0.465 e. The first kappa shape index (κ1) is 32.4. The number of aldehydes is 1. The third-order valence-corrected chi connectivity index (χ3v) is 6.29. The molecule has 34 heavy (non-hydrogen) atoms. The maximum Gasteiger partial charge on any atom is 0.410 e. The highest BCUT2D eigenvalue weighted by atomic mass is 16.6. The highest BCUT2D eigenvalue weighted by Gasteiger charge is 2.15. The van der Waals surface area contributed by atoms with Crippen molar-refractivity contribution in [2.75, 3.05) is 26.3 Å². The van der Waals surface area contributed by atoms with Crippen molar-refractivity contribution in [1.29, 1.82) is 0 Å². The Morgan fingerprint density at radius 2 is 1.24 bits per heavy atom. The first-order chi connectivity index (χ1) is 16.6. The van der Waals surface area contributed by atoms with Gasteiger partial charge in [0.25, 0.3) is 0 Å². The zero-order chi connectivity index (χ0) is 25.3. The minimum Gasteiger partial charge on any atom is -0.465 e. The summed E-state index contributed by atoms with van der Waals surface area (Å²) in [4.78, 5) is 36.6. The molecule has 0 aromatic heterocycles. The molecule has 0 N–H and O–H groups in total. The van der Waals surface area contributed by atoms with Crippen molar-refractivity contribution in [3.8, 4) is 0 Å². The Labute approximate surface area is 209 Å². The Balaban J connectivity index is 4.19. The van der Waals surface area contributed by atoms with Crippen LogP contribution in [0.15, 0.2) is 0 Å². The highest BCUT2D eigenvalue weighted by Crippen LogP contribution is 2.18. The Morgan fingerprint density at radius 1 is 0.706 bits per heavy atom. The highest BCUT2D eigenvalue weighted by molar-refractivity contribution is 5.70. The Hall–Kier alpha value is -1.59. The molecule has 0 heterocycles. The molecule has 1 amide bonds. The van der Waals surface area contributed by atoms with Gasteiger partial charge in [-0.15, -0.1) is 0 Å². The number of esters is 1. The second-order valence-corrected chi connectivity index (χ2v) is 9.50. The number of hydrogen-bond acceptors (Lipinski definition) is 5. The van der Waals surface area contributed by atoms with Crippen LogP contribution in [0.5, 0.6) is 0 Å². The second kappa shape index (κ2) is 24.5. The molecule has 0 saturated carbocycles. The molecule has 0 unspecified atom stereocenters. The van der Waals surface area contributed by atoms with Gasteiger partial charge in [0.1, 0.15) is 6.61 Å². The summed E-state index contributed by atoms with van der Waals surface area (Å²) in [5.41, 5.74) is 0. The number of unbranched alkanes of at least 4 members (excludes halogenated alkanes) is 10. The molecule has 0 aliphatic rings. The fourth-order valence-electron chi connectivity index (χ4n) is 4.11. The zero-order valence-corrected chi connectivity index (χ0v) is 22.5. The summed E-state index contributed by atoms with van der Waals surface area (Å²) >= 11 is 0. The van der Waals surface area contributed by atoms with Crippen molar-refractivity contribution in [1.82, 2.24) is 4.90 Å². The van der Waals surface area contributed by atoms with Crippen molar-refractivity contribution < 1.29 is 23.9 Å². The van der Waals surface area contributed by atoms with E-state index in [1.807, 2.05) is 0 Å². The normalized spacial score (nSPS) is 10.9. The van der Waals surface area contributed by atoms with E-state index in [9.17, 15) is 14.4 Å². The zero-order valence-electron chi connectivity index (χ0n) is 22.5. The minimum atomic E-state index is -0.417. The topological polar surface area (TPSA) is 72.9 Å². The van der Waals surface area contributed by atoms with E-state index in [1.165, 1.54) is 57.8 Å². The Bertz CT molecular complexity index is 487. The smallest absolute Gasteiger partial charge is 0.410 e. The summed E-state index contributed by atoms with van der Waals surface area (Å²) in [6.45, 7) is 8.21. The lowest BCUT2D eigenvalue weighted by Crippen LogP contribution is -2.34. The Morgan fingerprint density at radius 3 is 1.79 bits per heavy atom. The summed E-state index contributed by atoms with van der Waals surface area (Å²) in [6, 6.07) is 0. The molecule has 0 bridgehead atoms. The molecule has 0 aliphatic carbocycles. The second-order valence-electron chi connectivity index (χ2n) is 9.50. The average molecular weight is 484 g/mol. The van der Waals surface area contributed by atoms with Crippen LogP contribution in [0.1, 0.15) is 130 Å².